The summed E-state index contributed by atoms with van der Waals surface area (Å²) in [5.41, 5.74) is 6.44. The van der Waals surface area contributed by atoms with Crippen LogP contribution in [-0.2, 0) is 0 Å². The van der Waals surface area contributed by atoms with E-state index in [0.717, 1.165) is 5.69 Å². The summed E-state index contributed by atoms with van der Waals surface area (Å²) in [5.74, 6) is 0.643. The third-order valence-corrected chi connectivity index (χ3v) is 2.22. The molecule has 2 aromatic rings. The lowest BCUT2D eigenvalue weighted by Crippen LogP contribution is -2.22. The fourth-order valence-electron chi connectivity index (χ4n) is 1.32. The zero-order chi connectivity index (χ0) is 11.5. The average Bonchev–Trinajstić information content (AvgIpc) is 2.66. The molecule has 0 aliphatic rings. The van der Waals surface area contributed by atoms with Gasteiger partial charge in [0.05, 0.1) is 18.1 Å². The van der Waals surface area contributed by atoms with Crippen molar-refractivity contribution in [3.63, 3.8) is 0 Å². The maximum Gasteiger partial charge on any atom is 0.160 e. The van der Waals surface area contributed by atoms with Gasteiger partial charge in [-0.2, -0.15) is 5.10 Å². The van der Waals surface area contributed by atoms with Gasteiger partial charge in [-0.25, -0.2) is 4.68 Å². The Hall–Kier alpha value is -1.52. The maximum atomic E-state index is 5.80. The second-order valence-electron chi connectivity index (χ2n) is 3.42. The highest BCUT2D eigenvalue weighted by atomic mass is 35.5. The van der Waals surface area contributed by atoms with Crippen LogP contribution < -0.4 is 10.5 Å². The first-order chi connectivity index (χ1) is 7.65. The zero-order valence-electron chi connectivity index (χ0n) is 8.80. The summed E-state index contributed by atoms with van der Waals surface area (Å²) >= 11 is 5.80. The molecule has 2 rings (SSSR count). The molecule has 1 aromatic heterocycles. The SMILES string of the molecule is CC(N)Oc1cnn(-c2ccc(Cl)cc2)c1. The van der Waals surface area contributed by atoms with Crippen LogP contribution in [0.4, 0.5) is 0 Å². The van der Waals surface area contributed by atoms with Crippen molar-refractivity contribution in [2.75, 3.05) is 0 Å². The first-order valence-electron chi connectivity index (χ1n) is 4.88. The lowest BCUT2D eigenvalue weighted by molar-refractivity contribution is 0.230. The third kappa shape index (κ3) is 2.53. The predicted molar refractivity (Wildman–Crippen MR) is 62.9 cm³/mol. The van der Waals surface area contributed by atoms with E-state index in [-0.39, 0.29) is 6.23 Å². The summed E-state index contributed by atoms with van der Waals surface area (Å²) in [6.07, 6.45) is 3.05. The highest BCUT2D eigenvalue weighted by Crippen LogP contribution is 2.16. The van der Waals surface area contributed by atoms with Crippen LogP contribution in [0.15, 0.2) is 36.7 Å². The van der Waals surface area contributed by atoms with Crippen molar-refractivity contribution in [3.05, 3.63) is 41.7 Å². The van der Waals surface area contributed by atoms with Crippen molar-refractivity contribution in [1.82, 2.24) is 9.78 Å². The number of hydrogen-bond donors (Lipinski definition) is 1. The fraction of sp³-hybridized carbons (Fsp3) is 0.182. The van der Waals surface area contributed by atoms with Crippen LogP contribution in [-0.4, -0.2) is 16.0 Å². The van der Waals surface area contributed by atoms with Gasteiger partial charge in [0.1, 0.15) is 6.23 Å². The standard InChI is InChI=1S/C11H12ClN3O/c1-8(13)16-11-6-14-15(7-11)10-4-2-9(12)3-5-10/h2-8H,13H2,1H3. The van der Waals surface area contributed by atoms with Crippen LogP contribution in [0.25, 0.3) is 5.69 Å². The molecule has 0 radical (unpaired) electrons. The minimum absolute atomic E-state index is 0.345. The molecule has 1 aromatic carbocycles. The van der Waals surface area contributed by atoms with E-state index in [1.54, 1.807) is 24.0 Å². The number of hydrogen-bond acceptors (Lipinski definition) is 3. The van der Waals surface area contributed by atoms with Crippen molar-refractivity contribution < 1.29 is 4.74 Å². The summed E-state index contributed by atoms with van der Waals surface area (Å²) < 4.78 is 7.01. The summed E-state index contributed by atoms with van der Waals surface area (Å²) in [6.45, 7) is 1.76. The monoisotopic (exact) mass is 237 g/mol. The van der Waals surface area contributed by atoms with Gasteiger partial charge in [0.2, 0.25) is 0 Å². The van der Waals surface area contributed by atoms with E-state index in [1.807, 2.05) is 24.3 Å². The lowest BCUT2D eigenvalue weighted by atomic mass is 10.3. The molecule has 16 heavy (non-hydrogen) atoms. The fourth-order valence-corrected chi connectivity index (χ4v) is 1.44. The van der Waals surface area contributed by atoms with Gasteiger partial charge in [-0.1, -0.05) is 11.6 Å². The van der Waals surface area contributed by atoms with E-state index in [9.17, 15) is 0 Å². The molecule has 4 nitrogen and oxygen atoms in total. The summed E-state index contributed by atoms with van der Waals surface area (Å²) in [5, 5.41) is 4.86. The molecule has 2 N–H and O–H groups in total. The van der Waals surface area contributed by atoms with Gasteiger partial charge in [-0.15, -0.1) is 0 Å². The van der Waals surface area contributed by atoms with E-state index < -0.39 is 0 Å². The minimum Gasteiger partial charge on any atom is -0.473 e. The van der Waals surface area contributed by atoms with Crippen molar-refractivity contribution >= 4 is 11.6 Å². The highest BCUT2D eigenvalue weighted by molar-refractivity contribution is 6.30. The van der Waals surface area contributed by atoms with Gasteiger partial charge in [-0.3, -0.25) is 5.73 Å². The van der Waals surface area contributed by atoms with Crippen molar-refractivity contribution in [1.29, 1.82) is 0 Å². The Balaban J connectivity index is 2.21. The van der Waals surface area contributed by atoms with Gasteiger partial charge in [0, 0.05) is 5.02 Å². The van der Waals surface area contributed by atoms with Crippen LogP contribution in [0.5, 0.6) is 5.75 Å². The second-order valence-corrected chi connectivity index (χ2v) is 3.86. The van der Waals surface area contributed by atoms with Crippen LogP contribution in [0, 0.1) is 0 Å². The number of ether oxygens (including phenoxy) is 1. The Morgan fingerprint density at radius 2 is 2.06 bits per heavy atom. The molecule has 0 amide bonds. The first-order valence-corrected chi connectivity index (χ1v) is 5.26. The summed E-state index contributed by atoms with van der Waals surface area (Å²) in [7, 11) is 0. The Morgan fingerprint density at radius 1 is 1.38 bits per heavy atom. The minimum atomic E-state index is -0.345. The molecule has 1 atom stereocenters. The number of halogens is 1. The Bertz CT molecular complexity index is 464. The number of aromatic nitrogens is 2. The molecule has 0 aliphatic carbocycles. The molecule has 0 saturated heterocycles. The molecule has 1 heterocycles. The third-order valence-electron chi connectivity index (χ3n) is 1.97. The van der Waals surface area contributed by atoms with E-state index in [2.05, 4.69) is 5.10 Å². The Morgan fingerprint density at radius 3 is 2.69 bits per heavy atom. The molecule has 84 valence electrons. The van der Waals surface area contributed by atoms with Crippen LogP contribution in [0.1, 0.15) is 6.92 Å². The normalized spacial score (nSPS) is 12.4. The van der Waals surface area contributed by atoms with Gasteiger partial charge in [0.25, 0.3) is 0 Å². The topological polar surface area (TPSA) is 53.1 Å². The molecule has 1 unspecified atom stereocenters. The molecule has 5 heteroatoms. The van der Waals surface area contributed by atoms with Crippen LogP contribution in [0.3, 0.4) is 0 Å². The molecule has 0 saturated carbocycles. The highest BCUT2D eigenvalue weighted by Gasteiger charge is 2.03. The number of nitrogens with zero attached hydrogens (tertiary/aromatic N) is 2. The van der Waals surface area contributed by atoms with Gasteiger partial charge < -0.3 is 4.74 Å². The van der Waals surface area contributed by atoms with Gasteiger partial charge >= 0.3 is 0 Å². The van der Waals surface area contributed by atoms with E-state index in [4.69, 9.17) is 22.1 Å². The summed E-state index contributed by atoms with van der Waals surface area (Å²) in [6, 6.07) is 7.38. The predicted octanol–water partition coefficient (Wildman–Crippen LogP) is 2.21. The molecule has 0 bridgehead atoms. The van der Waals surface area contributed by atoms with E-state index >= 15 is 0 Å². The lowest BCUT2D eigenvalue weighted by Gasteiger charge is -2.05. The van der Waals surface area contributed by atoms with Crippen LogP contribution >= 0.6 is 11.6 Å². The number of nitrogens with two attached hydrogens (primary N) is 1. The quantitative estimate of drug-likeness (QED) is 0.833. The van der Waals surface area contributed by atoms with Crippen molar-refractivity contribution in [2.45, 2.75) is 13.2 Å². The number of rotatable bonds is 3. The Labute approximate surface area is 98.6 Å². The molecule has 0 fully saturated rings. The number of benzene rings is 1. The van der Waals surface area contributed by atoms with Crippen LogP contribution in [0.2, 0.25) is 5.02 Å². The van der Waals surface area contributed by atoms with Crippen molar-refractivity contribution in [3.8, 4) is 11.4 Å². The first kappa shape index (κ1) is 11.0. The van der Waals surface area contributed by atoms with E-state index in [0.29, 0.717) is 10.8 Å². The molecular formula is C11H12ClN3O. The molecular weight excluding hydrogens is 226 g/mol. The molecule has 0 spiro atoms. The molecule has 0 aliphatic heterocycles. The van der Waals surface area contributed by atoms with Crippen molar-refractivity contribution in [2.24, 2.45) is 5.73 Å². The zero-order valence-corrected chi connectivity index (χ0v) is 9.56. The summed E-state index contributed by atoms with van der Waals surface area (Å²) in [4.78, 5) is 0. The second kappa shape index (κ2) is 4.55. The van der Waals surface area contributed by atoms with E-state index in [1.165, 1.54) is 0 Å². The largest absolute Gasteiger partial charge is 0.473 e. The smallest absolute Gasteiger partial charge is 0.160 e. The van der Waals surface area contributed by atoms with Gasteiger partial charge in [0.15, 0.2) is 5.75 Å². The maximum absolute atomic E-state index is 5.80. The van der Waals surface area contributed by atoms with Gasteiger partial charge in [-0.05, 0) is 31.2 Å². The Kier molecular flexibility index (Phi) is 3.12. The average molecular weight is 238 g/mol.